The number of aliphatic hydroxyl groups excluding tert-OH is 1. The van der Waals surface area contributed by atoms with Gasteiger partial charge >= 0.3 is 0 Å². The second-order valence-electron chi connectivity index (χ2n) is 4.81. The van der Waals surface area contributed by atoms with Gasteiger partial charge in [0.15, 0.2) is 0 Å². The Kier molecular flexibility index (Phi) is 4.89. The van der Waals surface area contributed by atoms with Gasteiger partial charge in [-0.3, -0.25) is 0 Å². The van der Waals surface area contributed by atoms with E-state index in [1.54, 1.807) is 7.11 Å². The zero-order chi connectivity index (χ0) is 13.0. The number of halogens is 1. The second-order valence-corrected chi connectivity index (χ2v) is 5.66. The summed E-state index contributed by atoms with van der Waals surface area (Å²) in [7, 11) is 1.66. The Morgan fingerprint density at radius 1 is 1.28 bits per heavy atom. The minimum absolute atomic E-state index is 0.151. The molecule has 100 valence electrons. The molecule has 1 fully saturated rings. The standard InChI is InChI=1S/C14H20BrNO2/c1-18-14-9-10(7-8-11(14)15)16-12-5-3-2-4-6-13(12)17/h7-9,12-13,16-17H,2-6H2,1H3. The number of benzene rings is 1. The van der Waals surface area contributed by atoms with E-state index in [1.807, 2.05) is 18.2 Å². The third-order valence-electron chi connectivity index (χ3n) is 3.48. The summed E-state index contributed by atoms with van der Waals surface area (Å²) in [6, 6.07) is 6.08. The first-order valence-corrected chi connectivity index (χ1v) is 7.28. The lowest BCUT2D eigenvalue weighted by Crippen LogP contribution is -2.32. The molecule has 0 bridgehead atoms. The van der Waals surface area contributed by atoms with Gasteiger partial charge in [-0.05, 0) is 40.9 Å². The Hall–Kier alpha value is -0.740. The van der Waals surface area contributed by atoms with Crippen molar-refractivity contribution < 1.29 is 9.84 Å². The predicted octanol–water partition coefficient (Wildman–Crippen LogP) is 3.56. The molecule has 0 radical (unpaired) electrons. The molecule has 1 aromatic rings. The van der Waals surface area contributed by atoms with Gasteiger partial charge in [-0.2, -0.15) is 0 Å². The first-order valence-electron chi connectivity index (χ1n) is 6.49. The minimum Gasteiger partial charge on any atom is -0.495 e. The molecular formula is C14H20BrNO2. The highest BCUT2D eigenvalue weighted by molar-refractivity contribution is 9.10. The summed E-state index contributed by atoms with van der Waals surface area (Å²) in [5.74, 6) is 0.808. The molecule has 0 heterocycles. The molecule has 0 aromatic heterocycles. The first-order chi connectivity index (χ1) is 8.70. The minimum atomic E-state index is -0.248. The van der Waals surface area contributed by atoms with Gasteiger partial charge in [-0.25, -0.2) is 0 Å². The normalized spacial score (nSPS) is 24.4. The highest BCUT2D eigenvalue weighted by Gasteiger charge is 2.21. The summed E-state index contributed by atoms with van der Waals surface area (Å²) in [5.41, 5.74) is 1.00. The number of aliphatic hydroxyl groups is 1. The van der Waals surface area contributed by atoms with Crippen LogP contribution in [0.5, 0.6) is 5.75 Å². The van der Waals surface area contributed by atoms with Gasteiger partial charge in [-0.15, -0.1) is 0 Å². The maximum Gasteiger partial charge on any atom is 0.135 e. The van der Waals surface area contributed by atoms with Crippen LogP contribution in [0, 0.1) is 0 Å². The van der Waals surface area contributed by atoms with Crippen molar-refractivity contribution in [2.24, 2.45) is 0 Å². The van der Waals surface area contributed by atoms with Crippen LogP contribution in [-0.2, 0) is 0 Å². The highest BCUT2D eigenvalue weighted by atomic mass is 79.9. The van der Waals surface area contributed by atoms with E-state index in [0.29, 0.717) is 0 Å². The molecule has 2 atom stereocenters. The van der Waals surface area contributed by atoms with E-state index in [0.717, 1.165) is 35.2 Å². The van der Waals surface area contributed by atoms with Gasteiger partial charge in [0.25, 0.3) is 0 Å². The Bertz CT molecular complexity index is 397. The number of hydrogen-bond donors (Lipinski definition) is 2. The van der Waals surface area contributed by atoms with Crippen LogP contribution >= 0.6 is 15.9 Å². The zero-order valence-electron chi connectivity index (χ0n) is 10.7. The summed E-state index contributed by atoms with van der Waals surface area (Å²) in [4.78, 5) is 0. The fraction of sp³-hybridized carbons (Fsp3) is 0.571. The highest BCUT2D eigenvalue weighted by Crippen LogP contribution is 2.29. The summed E-state index contributed by atoms with van der Waals surface area (Å²) in [5, 5.41) is 13.5. The Morgan fingerprint density at radius 2 is 2.06 bits per heavy atom. The lowest BCUT2D eigenvalue weighted by Gasteiger charge is -2.23. The molecule has 0 aliphatic heterocycles. The van der Waals surface area contributed by atoms with Gasteiger partial charge < -0.3 is 15.2 Å². The lowest BCUT2D eigenvalue weighted by molar-refractivity contribution is 0.144. The van der Waals surface area contributed by atoms with Gasteiger partial charge in [0.1, 0.15) is 5.75 Å². The van der Waals surface area contributed by atoms with Gasteiger partial charge in [0, 0.05) is 11.8 Å². The fourth-order valence-corrected chi connectivity index (χ4v) is 2.83. The number of methoxy groups -OCH3 is 1. The van der Waals surface area contributed by atoms with E-state index in [9.17, 15) is 5.11 Å². The number of anilines is 1. The van der Waals surface area contributed by atoms with Crippen LogP contribution in [-0.4, -0.2) is 24.4 Å². The predicted molar refractivity (Wildman–Crippen MR) is 77.2 cm³/mol. The van der Waals surface area contributed by atoms with Gasteiger partial charge in [0.2, 0.25) is 0 Å². The molecule has 3 nitrogen and oxygen atoms in total. The van der Waals surface area contributed by atoms with Crippen molar-refractivity contribution in [2.75, 3.05) is 12.4 Å². The van der Waals surface area contributed by atoms with Crippen molar-refractivity contribution in [3.63, 3.8) is 0 Å². The van der Waals surface area contributed by atoms with Crippen LogP contribution in [0.2, 0.25) is 0 Å². The van der Waals surface area contributed by atoms with Crippen LogP contribution < -0.4 is 10.1 Å². The molecule has 2 N–H and O–H groups in total. The van der Waals surface area contributed by atoms with Crippen molar-refractivity contribution in [2.45, 2.75) is 44.2 Å². The van der Waals surface area contributed by atoms with Crippen molar-refractivity contribution in [3.05, 3.63) is 22.7 Å². The molecule has 1 aromatic carbocycles. The van der Waals surface area contributed by atoms with E-state index in [2.05, 4.69) is 21.2 Å². The van der Waals surface area contributed by atoms with Crippen molar-refractivity contribution in [1.82, 2.24) is 0 Å². The summed E-state index contributed by atoms with van der Waals surface area (Å²) in [6.07, 6.45) is 5.21. The lowest BCUT2D eigenvalue weighted by atomic mass is 10.1. The van der Waals surface area contributed by atoms with Crippen LogP contribution in [0.4, 0.5) is 5.69 Å². The molecule has 0 spiro atoms. The molecule has 2 rings (SSSR count). The van der Waals surface area contributed by atoms with Gasteiger partial charge in [0.05, 0.1) is 23.7 Å². The Morgan fingerprint density at radius 3 is 2.83 bits per heavy atom. The van der Waals surface area contributed by atoms with E-state index >= 15 is 0 Å². The Balaban J connectivity index is 2.07. The molecule has 18 heavy (non-hydrogen) atoms. The molecule has 4 heteroatoms. The fourth-order valence-electron chi connectivity index (χ4n) is 2.42. The van der Waals surface area contributed by atoms with Crippen molar-refractivity contribution in [1.29, 1.82) is 0 Å². The van der Waals surface area contributed by atoms with Crippen LogP contribution in [0.25, 0.3) is 0 Å². The molecule has 1 aliphatic carbocycles. The van der Waals surface area contributed by atoms with Gasteiger partial charge in [-0.1, -0.05) is 19.3 Å². The SMILES string of the molecule is COc1cc(NC2CCCCCC2O)ccc1Br. The zero-order valence-corrected chi connectivity index (χ0v) is 12.2. The maximum absolute atomic E-state index is 10.1. The molecule has 1 aliphatic rings. The largest absolute Gasteiger partial charge is 0.495 e. The average Bonchev–Trinajstić information content (AvgIpc) is 2.57. The molecule has 1 saturated carbocycles. The van der Waals surface area contributed by atoms with E-state index < -0.39 is 0 Å². The smallest absolute Gasteiger partial charge is 0.135 e. The molecule has 0 saturated heterocycles. The number of ether oxygens (including phenoxy) is 1. The summed E-state index contributed by atoms with van der Waals surface area (Å²) < 4.78 is 6.22. The average molecular weight is 314 g/mol. The Labute approximate surface area is 117 Å². The molecule has 0 amide bonds. The topological polar surface area (TPSA) is 41.5 Å². The molecule has 2 unspecified atom stereocenters. The van der Waals surface area contributed by atoms with E-state index in [4.69, 9.17) is 4.74 Å². The van der Waals surface area contributed by atoms with Crippen molar-refractivity contribution in [3.8, 4) is 5.75 Å². The van der Waals surface area contributed by atoms with Crippen molar-refractivity contribution >= 4 is 21.6 Å². The third kappa shape index (κ3) is 3.39. The van der Waals surface area contributed by atoms with Crippen LogP contribution in [0.15, 0.2) is 22.7 Å². The summed E-state index contributed by atoms with van der Waals surface area (Å²) in [6.45, 7) is 0. The third-order valence-corrected chi connectivity index (χ3v) is 4.14. The first kappa shape index (κ1) is 13.7. The number of rotatable bonds is 3. The second kappa shape index (κ2) is 6.43. The van der Waals surface area contributed by atoms with E-state index in [1.165, 1.54) is 12.8 Å². The number of hydrogen-bond acceptors (Lipinski definition) is 3. The monoisotopic (exact) mass is 313 g/mol. The quantitative estimate of drug-likeness (QED) is 0.838. The molecular weight excluding hydrogens is 294 g/mol. The van der Waals surface area contributed by atoms with Crippen LogP contribution in [0.3, 0.4) is 0 Å². The van der Waals surface area contributed by atoms with Crippen LogP contribution in [0.1, 0.15) is 32.1 Å². The number of nitrogens with one attached hydrogen (secondary N) is 1. The van der Waals surface area contributed by atoms with E-state index in [-0.39, 0.29) is 12.1 Å². The maximum atomic E-state index is 10.1. The summed E-state index contributed by atoms with van der Waals surface area (Å²) >= 11 is 3.44.